The fraction of sp³-hybridized carbons (Fsp3) is 0.214. The zero-order valence-corrected chi connectivity index (χ0v) is 11.0. The molecule has 0 unspecified atom stereocenters. The summed E-state index contributed by atoms with van der Waals surface area (Å²) in [4.78, 5) is 21.8. The van der Waals surface area contributed by atoms with Gasteiger partial charge in [0.1, 0.15) is 0 Å². The van der Waals surface area contributed by atoms with E-state index in [1.54, 1.807) is 23.1 Å². The van der Waals surface area contributed by atoms with Crippen molar-refractivity contribution in [2.75, 3.05) is 6.54 Å². The Morgan fingerprint density at radius 1 is 1.53 bits per heavy atom. The van der Waals surface area contributed by atoms with Gasteiger partial charge < -0.3 is 4.90 Å². The Bertz CT molecular complexity index is 748. The number of carbonyl (C=O) groups excluding carboxylic acids is 1. The summed E-state index contributed by atoms with van der Waals surface area (Å²) >= 11 is 6.34. The Morgan fingerprint density at radius 2 is 2.32 bits per heavy atom. The van der Waals surface area contributed by atoms with Gasteiger partial charge in [-0.25, -0.2) is 4.85 Å². The molecule has 0 radical (unpaired) electrons. The van der Waals surface area contributed by atoms with E-state index in [0.29, 0.717) is 34.7 Å². The highest BCUT2D eigenvalue weighted by atomic mass is 35.5. The van der Waals surface area contributed by atoms with Gasteiger partial charge in [-0.15, -0.1) is 0 Å². The molecule has 0 saturated carbocycles. The first-order valence-electron chi connectivity index (χ1n) is 5.94. The molecule has 94 valence electrons. The standard InChI is InChI=1S/C14H10ClN3O/c1-3-18-7-11-12(14(18)19)13(15)9-6-8(16-2)4-5-10(9)17-11/h4-6H,3,7H2,1H3. The lowest BCUT2D eigenvalue weighted by Crippen LogP contribution is -2.23. The van der Waals surface area contributed by atoms with Crippen molar-refractivity contribution in [2.24, 2.45) is 0 Å². The lowest BCUT2D eigenvalue weighted by molar-refractivity contribution is 0.0787. The van der Waals surface area contributed by atoms with Crippen LogP contribution in [0.3, 0.4) is 0 Å². The van der Waals surface area contributed by atoms with Gasteiger partial charge in [-0.05, 0) is 19.1 Å². The summed E-state index contributed by atoms with van der Waals surface area (Å²) in [7, 11) is 0. The van der Waals surface area contributed by atoms with Crippen LogP contribution >= 0.6 is 11.6 Å². The smallest absolute Gasteiger partial charge is 0.257 e. The second-order valence-electron chi connectivity index (χ2n) is 4.38. The van der Waals surface area contributed by atoms with Crippen molar-refractivity contribution >= 4 is 34.1 Å². The highest BCUT2D eigenvalue weighted by Gasteiger charge is 2.31. The van der Waals surface area contributed by atoms with E-state index in [-0.39, 0.29) is 5.91 Å². The molecule has 0 spiro atoms. The maximum atomic E-state index is 12.2. The van der Waals surface area contributed by atoms with E-state index in [1.165, 1.54) is 0 Å². The van der Waals surface area contributed by atoms with Crippen LogP contribution in [-0.2, 0) is 6.54 Å². The van der Waals surface area contributed by atoms with Gasteiger partial charge in [0.15, 0.2) is 5.69 Å². The van der Waals surface area contributed by atoms with Crippen LogP contribution in [0, 0.1) is 6.57 Å². The van der Waals surface area contributed by atoms with Crippen molar-refractivity contribution in [3.05, 3.63) is 45.9 Å². The molecule has 0 atom stereocenters. The van der Waals surface area contributed by atoms with Crippen LogP contribution in [0.4, 0.5) is 5.69 Å². The summed E-state index contributed by atoms with van der Waals surface area (Å²) in [5, 5.41) is 1.08. The predicted octanol–water partition coefficient (Wildman–Crippen LogP) is 3.41. The van der Waals surface area contributed by atoms with Crippen molar-refractivity contribution < 1.29 is 4.79 Å². The molecule has 2 aromatic rings. The van der Waals surface area contributed by atoms with Crippen molar-refractivity contribution in [3.63, 3.8) is 0 Å². The Balaban J connectivity index is 2.30. The Hall–Kier alpha value is -2.12. The van der Waals surface area contributed by atoms with E-state index in [4.69, 9.17) is 18.2 Å². The monoisotopic (exact) mass is 271 g/mol. The number of aromatic nitrogens is 1. The molecule has 0 N–H and O–H groups in total. The molecule has 0 bridgehead atoms. The van der Waals surface area contributed by atoms with E-state index in [9.17, 15) is 4.79 Å². The molecule has 1 aliphatic heterocycles. The maximum Gasteiger partial charge on any atom is 0.257 e. The molecular weight excluding hydrogens is 262 g/mol. The Morgan fingerprint density at radius 3 is 3.00 bits per heavy atom. The van der Waals surface area contributed by atoms with E-state index in [2.05, 4.69) is 9.83 Å². The zero-order valence-electron chi connectivity index (χ0n) is 10.3. The Labute approximate surface area is 115 Å². The average Bonchev–Trinajstić information content (AvgIpc) is 2.75. The molecule has 1 amide bonds. The topological polar surface area (TPSA) is 37.6 Å². The molecule has 0 fully saturated rings. The lowest BCUT2D eigenvalue weighted by Gasteiger charge is -2.10. The molecule has 3 rings (SSSR count). The first-order chi connectivity index (χ1) is 9.15. The number of pyridine rings is 1. The lowest BCUT2D eigenvalue weighted by atomic mass is 10.1. The molecule has 0 saturated heterocycles. The van der Waals surface area contributed by atoms with Crippen LogP contribution in [0.2, 0.25) is 5.02 Å². The number of halogens is 1. The molecule has 2 heterocycles. The third-order valence-electron chi connectivity index (χ3n) is 3.33. The number of hydrogen-bond donors (Lipinski definition) is 0. The van der Waals surface area contributed by atoms with Crippen LogP contribution in [0.1, 0.15) is 23.0 Å². The fourth-order valence-electron chi connectivity index (χ4n) is 2.33. The number of benzene rings is 1. The first-order valence-corrected chi connectivity index (χ1v) is 6.32. The molecule has 1 aromatic carbocycles. The number of fused-ring (bicyclic) bond motifs is 2. The largest absolute Gasteiger partial charge is 0.333 e. The number of rotatable bonds is 1. The third kappa shape index (κ3) is 1.66. The molecular formula is C14H10ClN3O. The summed E-state index contributed by atoms with van der Waals surface area (Å²) < 4.78 is 0. The summed E-state index contributed by atoms with van der Waals surface area (Å²) in [5.74, 6) is -0.0786. The minimum atomic E-state index is -0.0786. The average molecular weight is 272 g/mol. The zero-order chi connectivity index (χ0) is 13.6. The van der Waals surface area contributed by atoms with Crippen molar-refractivity contribution in [3.8, 4) is 0 Å². The summed E-state index contributed by atoms with van der Waals surface area (Å²) in [5.41, 5.74) is 2.42. The first kappa shape index (κ1) is 11.9. The fourth-order valence-corrected chi connectivity index (χ4v) is 2.67. The van der Waals surface area contributed by atoms with E-state index < -0.39 is 0 Å². The normalized spacial score (nSPS) is 13.7. The minimum absolute atomic E-state index is 0.0786. The van der Waals surface area contributed by atoms with Gasteiger partial charge in [-0.2, -0.15) is 0 Å². The van der Waals surface area contributed by atoms with E-state index >= 15 is 0 Å². The van der Waals surface area contributed by atoms with Gasteiger partial charge in [0, 0.05) is 11.9 Å². The molecule has 19 heavy (non-hydrogen) atoms. The van der Waals surface area contributed by atoms with Crippen LogP contribution in [-0.4, -0.2) is 22.3 Å². The van der Waals surface area contributed by atoms with Gasteiger partial charge in [-0.1, -0.05) is 17.7 Å². The second kappa shape index (κ2) is 4.22. The molecule has 0 aliphatic carbocycles. The molecule has 1 aliphatic rings. The summed E-state index contributed by atoms with van der Waals surface area (Å²) in [6.07, 6.45) is 0. The highest BCUT2D eigenvalue weighted by molar-refractivity contribution is 6.39. The number of nitrogens with zero attached hydrogens (tertiary/aromatic N) is 3. The quantitative estimate of drug-likeness (QED) is 0.746. The van der Waals surface area contributed by atoms with Crippen LogP contribution in [0.15, 0.2) is 18.2 Å². The molecule has 1 aromatic heterocycles. The molecule has 5 heteroatoms. The third-order valence-corrected chi connectivity index (χ3v) is 3.73. The van der Waals surface area contributed by atoms with Crippen molar-refractivity contribution in [2.45, 2.75) is 13.5 Å². The number of carbonyl (C=O) groups is 1. The predicted molar refractivity (Wildman–Crippen MR) is 73.4 cm³/mol. The van der Waals surface area contributed by atoms with Gasteiger partial charge in [-0.3, -0.25) is 9.78 Å². The molecule has 4 nitrogen and oxygen atoms in total. The van der Waals surface area contributed by atoms with Gasteiger partial charge in [0.25, 0.3) is 5.91 Å². The minimum Gasteiger partial charge on any atom is -0.333 e. The van der Waals surface area contributed by atoms with Crippen LogP contribution < -0.4 is 0 Å². The SMILES string of the molecule is [C-]#[N+]c1ccc2nc3c(c(Cl)c2c1)C(=O)N(CC)C3. The van der Waals surface area contributed by atoms with Gasteiger partial charge >= 0.3 is 0 Å². The van der Waals surface area contributed by atoms with Crippen LogP contribution in [0.25, 0.3) is 15.7 Å². The summed E-state index contributed by atoms with van der Waals surface area (Å²) in [6, 6.07) is 5.16. The van der Waals surface area contributed by atoms with Crippen LogP contribution in [0.5, 0.6) is 0 Å². The highest BCUT2D eigenvalue weighted by Crippen LogP contribution is 2.35. The maximum absolute atomic E-state index is 12.2. The van der Waals surface area contributed by atoms with E-state index in [1.807, 2.05) is 6.92 Å². The van der Waals surface area contributed by atoms with Crippen molar-refractivity contribution in [1.29, 1.82) is 0 Å². The Kier molecular flexibility index (Phi) is 2.65. The number of hydrogen-bond acceptors (Lipinski definition) is 2. The number of amides is 1. The van der Waals surface area contributed by atoms with Gasteiger partial charge in [0.05, 0.1) is 34.9 Å². The van der Waals surface area contributed by atoms with Gasteiger partial charge in [0.2, 0.25) is 0 Å². The van der Waals surface area contributed by atoms with E-state index in [0.717, 1.165) is 11.2 Å². The van der Waals surface area contributed by atoms with Crippen molar-refractivity contribution in [1.82, 2.24) is 9.88 Å². The second-order valence-corrected chi connectivity index (χ2v) is 4.76. The summed E-state index contributed by atoms with van der Waals surface area (Å²) in [6.45, 7) is 10.1.